The predicted octanol–water partition coefficient (Wildman–Crippen LogP) is 3.60. The third kappa shape index (κ3) is 7.98. The number of likely N-dealkylation sites (tertiary alicyclic amines) is 1. The van der Waals surface area contributed by atoms with Crippen molar-refractivity contribution in [3.05, 3.63) is 54.1 Å². The largest absolute Gasteiger partial charge is 0.490 e. The molecule has 4 N–H and O–H groups in total. The standard InChI is InChI=1S/C22H30N4O.2C2HF3O2/c27-21-20(26-12-5-17(6-13-26)15-25-14-11-24-16-25)18-3-1-2-4-19(18)22(21)7-9-23-10-8-22;2*3-2(4,5)1(6)7/h1-4,11,14,16-17,20-21,23,27H,5-10,12-13,15H2;2*(H,6,7)/t20-,21+;;/m1../s1. The van der Waals surface area contributed by atoms with E-state index in [1.54, 1.807) is 0 Å². The number of piperidine rings is 2. The van der Waals surface area contributed by atoms with Gasteiger partial charge in [0.1, 0.15) is 0 Å². The molecule has 3 heterocycles. The van der Waals surface area contributed by atoms with Crippen LogP contribution in [0.3, 0.4) is 0 Å². The number of hydrogen-bond acceptors (Lipinski definition) is 6. The number of imidazole rings is 1. The van der Waals surface area contributed by atoms with E-state index >= 15 is 0 Å². The summed E-state index contributed by atoms with van der Waals surface area (Å²) in [5.41, 5.74) is 2.73. The molecule has 0 saturated carbocycles. The Kier molecular flexibility index (Phi) is 10.4. The Labute approximate surface area is 231 Å². The lowest BCUT2D eigenvalue weighted by molar-refractivity contribution is -0.193. The van der Waals surface area contributed by atoms with Crippen LogP contribution in [0.5, 0.6) is 0 Å². The first-order valence-corrected chi connectivity index (χ1v) is 12.9. The van der Waals surface area contributed by atoms with Gasteiger partial charge in [0.25, 0.3) is 0 Å². The molecular weight excluding hydrogens is 562 g/mol. The molecule has 1 spiro atoms. The number of aliphatic hydroxyl groups excluding tert-OH is 1. The summed E-state index contributed by atoms with van der Waals surface area (Å²) < 4.78 is 65.7. The topological polar surface area (TPSA) is 128 Å². The monoisotopic (exact) mass is 594 g/mol. The molecule has 5 rings (SSSR count). The highest BCUT2D eigenvalue weighted by molar-refractivity contribution is 5.73. The van der Waals surface area contributed by atoms with Crippen LogP contribution < -0.4 is 5.32 Å². The molecule has 2 fully saturated rings. The molecule has 228 valence electrons. The number of aliphatic carboxylic acids is 2. The van der Waals surface area contributed by atoms with Gasteiger partial charge in [-0.25, -0.2) is 14.6 Å². The quantitative estimate of drug-likeness (QED) is 0.397. The maximum absolute atomic E-state index is 11.5. The Morgan fingerprint density at radius 1 is 0.976 bits per heavy atom. The third-order valence-corrected chi connectivity index (χ3v) is 7.73. The molecule has 9 nitrogen and oxygen atoms in total. The first kappa shape index (κ1) is 32.3. The summed E-state index contributed by atoms with van der Waals surface area (Å²) in [6.45, 7) is 5.22. The highest BCUT2D eigenvalue weighted by Gasteiger charge is 2.53. The number of carbonyl (C=O) groups is 2. The van der Waals surface area contributed by atoms with Gasteiger partial charge >= 0.3 is 24.3 Å². The zero-order chi connectivity index (χ0) is 30.4. The maximum atomic E-state index is 11.5. The van der Waals surface area contributed by atoms with Crippen LogP contribution >= 0.6 is 0 Å². The van der Waals surface area contributed by atoms with Gasteiger partial charge in [-0.2, -0.15) is 26.3 Å². The minimum absolute atomic E-state index is 0.0554. The minimum Gasteiger partial charge on any atom is -0.475 e. The lowest BCUT2D eigenvalue weighted by atomic mass is 9.72. The van der Waals surface area contributed by atoms with E-state index < -0.39 is 24.3 Å². The minimum atomic E-state index is -5.08. The van der Waals surface area contributed by atoms with E-state index in [1.807, 2.05) is 12.5 Å². The molecule has 1 aromatic heterocycles. The van der Waals surface area contributed by atoms with Gasteiger partial charge in [0, 0.05) is 24.4 Å². The van der Waals surface area contributed by atoms with Crippen LogP contribution in [0.15, 0.2) is 43.0 Å². The number of aromatic nitrogens is 2. The van der Waals surface area contributed by atoms with Gasteiger partial charge in [-0.3, -0.25) is 4.90 Å². The molecule has 0 bridgehead atoms. The molecule has 2 aliphatic heterocycles. The molecule has 3 aliphatic rings. The Morgan fingerprint density at radius 2 is 1.51 bits per heavy atom. The molecule has 15 heteroatoms. The Balaban J connectivity index is 0.000000276. The number of nitrogens with one attached hydrogen (secondary N) is 1. The SMILES string of the molecule is O=C(O)C(F)(F)F.O=C(O)C(F)(F)F.O[C@H]1[C@H](N2CCC(Cn3ccnc3)CC2)c2ccccc2C12CCNCC2. The van der Waals surface area contributed by atoms with Crippen molar-refractivity contribution >= 4 is 11.9 Å². The number of nitrogens with zero attached hydrogens (tertiary/aromatic N) is 3. The van der Waals surface area contributed by atoms with Crippen LogP contribution in [-0.4, -0.2) is 86.3 Å². The van der Waals surface area contributed by atoms with E-state index in [-0.39, 0.29) is 17.6 Å². The van der Waals surface area contributed by atoms with Gasteiger partial charge in [0.15, 0.2) is 0 Å². The highest BCUT2D eigenvalue weighted by atomic mass is 19.4. The van der Waals surface area contributed by atoms with Crippen LogP contribution in [0.4, 0.5) is 26.3 Å². The number of alkyl halides is 6. The van der Waals surface area contributed by atoms with Crippen LogP contribution in [-0.2, 0) is 21.5 Å². The summed E-state index contributed by atoms with van der Waals surface area (Å²) >= 11 is 0. The zero-order valence-corrected chi connectivity index (χ0v) is 21.9. The van der Waals surface area contributed by atoms with Crippen LogP contribution in [0, 0.1) is 5.92 Å². The molecule has 2 aromatic rings. The Hall–Kier alpha value is -3.17. The lowest BCUT2D eigenvalue weighted by Crippen LogP contribution is -2.49. The van der Waals surface area contributed by atoms with E-state index in [9.17, 15) is 31.4 Å². The molecule has 2 saturated heterocycles. The second-order valence-electron chi connectivity index (χ2n) is 10.2. The van der Waals surface area contributed by atoms with Crippen molar-refractivity contribution in [1.29, 1.82) is 0 Å². The van der Waals surface area contributed by atoms with Gasteiger partial charge in [-0.05, 0) is 68.9 Å². The average molecular weight is 595 g/mol. The number of rotatable bonds is 3. The molecule has 1 aromatic carbocycles. The first-order valence-electron chi connectivity index (χ1n) is 12.9. The van der Waals surface area contributed by atoms with Crippen LogP contribution in [0.2, 0.25) is 0 Å². The average Bonchev–Trinajstić information content (AvgIpc) is 3.50. The number of carboxylic acid groups (broad SMARTS) is 2. The van der Waals surface area contributed by atoms with Gasteiger partial charge in [0.05, 0.1) is 18.5 Å². The number of carboxylic acids is 2. The fraction of sp³-hybridized carbons (Fsp3) is 0.577. The van der Waals surface area contributed by atoms with Crippen molar-refractivity contribution in [2.24, 2.45) is 5.92 Å². The predicted molar refractivity (Wildman–Crippen MR) is 133 cm³/mol. The second kappa shape index (κ2) is 13.2. The molecule has 1 aliphatic carbocycles. The third-order valence-electron chi connectivity index (χ3n) is 7.73. The molecule has 2 atom stereocenters. The Bertz CT molecular complexity index is 1120. The molecule has 0 radical (unpaired) electrons. The first-order chi connectivity index (χ1) is 19.2. The van der Waals surface area contributed by atoms with E-state index in [4.69, 9.17) is 19.8 Å². The fourth-order valence-electron chi connectivity index (χ4n) is 5.78. The summed E-state index contributed by atoms with van der Waals surface area (Å²) in [6, 6.07) is 8.99. The van der Waals surface area contributed by atoms with Gasteiger partial charge < -0.3 is 25.2 Å². The van der Waals surface area contributed by atoms with Crippen LogP contribution in [0.25, 0.3) is 0 Å². The smallest absolute Gasteiger partial charge is 0.475 e. The normalized spacial score (nSPS) is 22.6. The number of halogens is 6. The number of fused-ring (bicyclic) bond motifs is 2. The Morgan fingerprint density at radius 3 is 2.00 bits per heavy atom. The van der Waals surface area contributed by atoms with E-state index in [2.05, 4.69) is 50.2 Å². The van der Waals surface area contributed by atoms with Crippen molar-refractivity contribution in [3.63, 3.8) is 0 Å². The molecule has 41 heavy (non-hydrogen) atoms. The van der Waals surface area contributed by atoms with Crippen molar-refractivity contribution in [2.45, 2.75) is 62.1 Å². The molecular formula is C26H32F6N4O5. The van der Waals surface area contributed by atoms with Crippen LogP contribution in [0.1, 0.15) is 42.9 Å². The van der Waals surface area contributed by atoms with Gasteiger partial charge in [-0.15, -0.1) is 0 Å². The molecule has 0 amide bonds. The summed E-state index contributed by atoms with van der Waals surface area (Å²) in [5.74, 6) is -4.81. The van der Waals surface area contributed by atoms with Crippen molar-refractivity contribution in [1.82, 2.24) is 19.8 Å². The zero-order valence-electron chi connectivity index (χ0n) is 21.9. The summed E-state index contributed by atoms with van der Waals surface area (Å²) in [5, 5.41) is 29.3. The summed E-state index contributed by atoms with van der Waals surface area (Å²) in [6.07, 6.45) is -0.149. The van der Waals surface area contributed by atoms with E-state index in [1.165, 1.54) is 24.0 Å². The van der Waals surface area contributed by atoms with Crippen molar-refractivity contribution < 1.29 is 51.3 Å². The van der Waals surface area contributed by atoms with Crippen molar-refractivity contribution in [3.8, 4) is 0 Å². The van der Waals surface area contributed by atoms with Gasteiger partial charge in [-0.1, -0.05) is 24.3 Å². The fourth-order valence-corrected chi connectivity index (χ4v) is 5.78. The second-order valence-corrected chi connectivity index (χ2v) is 10.2. The van der Waals surface area contributed by atoms with Gasteiger partial charge in [0.2, 0.25) is 0 Å². The number of benzene rings is 1. The van der Waals surface area contributed by atoms with E-state index in [0.29, 0.717) is 5.92 Å². The van der Waals surface area contributed by atoms with E-state index in [0.717, 1.165) is 45.6 Å². The number of hydrogen-bond donors (Lipinski definition) is 4. The van der Waals surface area contributed by atoms with Crippen molar-refractivity contribution in [2.75, 3.05) is 26.2 Å². The summed E-state index contributed by atoms with van der Waals surface area (Å²) in [7, 11) is 0. The number of aliphatic hydroxyl groups is 1. The highest BCUT2D eigenvalue weighted by Crippen LogP contribution is 2.52. The lowest BCUT2D eigenvalue weighted by Gasteiger charge is -2.42. The maximum Gasteiger partial charge on any atom is 0.490 e. The molecule has 0 unspecified atom stereocenters. The summed E-state index contributed by atoms with van der Waals surface area (Å²) in [4.78, 5) is 24.5.